The van der Waals surface area contributed by atoms with Crippen LogP contribution in [0.3, 0.4) is 0 Å². The summed E-state index contributed by atoms with van der Waals surface area (Å²) >= 11 is 0. The minimum atomic E-state index is -0.366. The Morgan fingerprint density at radius 3 is 2.59 bits per heavy atom. The highest BCUT2D eigenvalue weighted by molar-refractivity contribution is 5.85. The van der Waals surface area contributed by atoms with Gasteiger partial charge in [-0.05, 0) is 42.9 Å². The number of aliphatic hydroxyl groups excluding tert-OH is 1. The Hall–Kier alpha value is -0.890. The van der Waals surface area contributed by atoms with Crippen LogP contribution in [-0.4, -0.2) is 17.0 Å². The van der Waals surface area contributed by atoms with Crippen LogP contribution in [0.25, 0.3) is 0 Å². The third-order valence-electron chi connectivity index (χ3n) is 7.36. The molecule has 2 saturated carbocycles. The zero-order chi connectivity index (χ0) is 16.3. The second-order valence-electron chi connectivity index (χ2n) is 8.84. The molecule has 2 heteroatoms. The molecule has 0 bridgehead atoms. The Balaban J connectivity index is 2.02. The molecule has 0 radical (unpaired) electrons. The highest BCUT2D eigenvalue weighted by Gasteiger charge is 2.58. The first-order chi connectivity index (χ1) is 10.1. The number of Topliss-reactive ketones (excluding diaryl/α,β-unsaturated/α-hetero) is 1. The van der Waals surface area contributed by atoms with E-state index in [9.17, 15) is 9.90 Å². The van der Waals surface area contributed by atoms with E-state index in [1.54, 1.807) is 0 Å². The van der Waals surface area contributed by atoms with E-state index in [2.05, 4.69) is 40.3 Å². The molecule has 3 rings (SSSR count). The van der Waals surface area contributed by atoms with Gasteiger partial charge in [0.1, 0.15) is 5.78 Å². The van der Waals surface area contributed by atoms with Gasteiger partial charge in [0.2, 0.25) is 0 Å². The van der Waals surface area contributed by atoms with Crippen LogP contribution in [0.5, 0.6) is 0 Å². The van der Waals surface area contributed by atoms with Crippen molar-refractivity contribution in [3.63, 3.8) is 0 Å². The quantitative estimate of drug-likeness (QED) is 0.734. The summed E-state index contributed by atoms with van der Waals surface area (Å²) in [6, 6.07) is 0. The summed E-state index contributed by atoms with van der Waals surface area (Å²) in [5, 5.41) is 10.7. The SMILES string of the molecule is C=C[C@]1(C)C=C2CC[C@@H]3C(C)(C)C(=O)CC[C@@]3(C)[C@@H]2C[C@@H]1O. The number of ketones is 1. The molecule has 1 N–H and O–H groups in total. The van der Waals surface area contributed by atoms with E-state index in [1.807, 2.05) is 6.08 Å². The molecule has 0 spiro atoms. The van der Waals surface area contributed by atoms with Gasteiger partial charge in [-0.1, -0.05) is 45.4 Å². The first-order valence-corrected chi connectivity index (χ1v) is 8.72. The van der Waals surface area contributed by atoms with Crippen molar-refractivity contribution in [2.75, 3.05) is 0 Å². The molecule has 22 heavy (non-hydrogen) atoms. The Bertz CT molecular complexity index is 544. The molecular formula is C20H30O2. The van der Waals surface area contributed by atoms with Crippen LogP contribution in [-0.2, 0) is 4.79 Å². The summed E-state index contributed by atoms with van der Waals surface area (Å²) in [7, 11) is 0. The van der Waals surface area contributed by atoms with Gasteiger partial charge < -0.3 is 5.11 Å². The lowest BCUT2D eigenvalue weighted by Crippen LogP contribution is -2.55. The smallest absolute Gasteiger partial charge is 0.138 e. The monoisotopic (exact) mass is 302 g/mol. The van der Waals surface area contributed by atoms with E-state index in [0.29, 0.717) is 24.0 Å². The maximum Gasteiger partial charge on any atom is 0.138 e. The average Bonchev–Trinajstić information content (AvgIpc) is 2.46. The number of rotatable bonds is 1. The van der Waals surface area contributed by atoms with Crippen LogP contribution in [0.1, 0.15) is 59.8 Å². The van der Waals surface area contributed by atoms with Gasteiger partial charge in [0.05, 0.1) is 6.10 Å². The van der Waals surface area contributed by atoms with Crippen molar-refractivity contribution in [2.45, 2.75) is 65.9 Å². The molecule has 0 unspecified atom stereocenters. The van der Waals surface area contributed by atoms with Gasteiger partial charge in [0, 0.05) is 17.3 Å². The van der Waals surface area contributed by atoms with Crippen LogP contribution in [0.4, 0.5) is 0 Å². The van der Waals surface area contributed by atoms with Gasteiger partial charge in [-0.25, -0.2) is 0 Å². The summed E-state index contributed by atoms with van der Waals surface area (Å²) in [6.07, 6.45) is 8.45. The second-order valence-corrected chi connectivity index (χ2v) is 8.84. The van der Waals surface area contributed by atoms with Gasteiger partial charge in [0.25, 0.3) is 0 Å². The van der Waals surface area contributed by atoms with Crippen molar-refractivity contribution >= 4 is 5.78 Å². The fourth-order valence-corrected chi connectivity index (χ4v) is 5.68. The highest BCUT2D eigenvalue weighted by atomic mass is 16.3. The molecule has 0 heterocycles. The van der Waals surface area contributed by atoms with Crippen LogP contribution in [0, 0.1) is 28.1 Å². The number of carbonyl (C=O) groups is 1. The standard InChI is InChI=1S/C20H30O2/c1-6-19(4)12-13-7-8-15-18(2,3)16(21)9-10-20(15,5)14(13)11-17(19)22/h6,12,14-15,17,22H,1,7-11H2,2-5H3/t14-,15-,17+,19-,20+/m1/s1. The molecule has 2 nitrogen and oxygen atoms in total. The lowest BCUT2D eigenvalue weighted by atomic mass is 9.45. The van der Waals surface area contributed by atoms with Crippen molar-refractivity contribution in [3.05, 3.63) is 24.3 Å². The van der Waals surface area contributed by atoms with E-state index < -0.39 is 0 Å². The molecule has 5 atom stereocenters. The van der Waals surface area contributed by atoms with Crippen LogP contribution in [0.15, 0.2) is 24.3 Å². The molecule has 3 aliphatic carbocycles. The van der Waals surface area contributed by atoms with Crippen molar-refractivity contribution in [1.82, 2.24) is 0 Å². The molecular weight excluding hydrogens is 272 g/mol. The number of aliphatic hydroxyl groups is 1. The molecule has 2 fully saturated rings. The lowest BCUT2D eigenvalue weighted by Gasteiger charge is -2.59. The Labute approximate surface area is 134 Å². The summed E-state index contributed by atoms with van der Waals surface area (Å²) in [4.78, 5) is 12.4. The van der Waals surface area contributed by atoms with Crippen LogP contribution in [0.2, 0.25) is 0 Å². The number of carbonyl (C=O) groups excluding carboxylic acids is 1. The van der Waals surface area contributed by atoms with Crippen LogP contribution < -0.4 is 0 Å². The van der Waals surface area contributed by atoms with Gasteiger partial charge in [-0.3, -0.25) is 4.79 Å². The number of fused-ring (bicyclic) bond motifs is 3. The van der Waals surface area contributed by atoms with Crippen LogP contribution >= 0.6 is 0 Å². The third-order valence-corrected chi connectivity index (χ3v) is 7.36. The predicted molar refractivity (Wildman–Crippen MR) is 89.4 cm³/mol. The molecule has 0 amide bonds. The summed E-state index contributed by atoms with van der Waals surface area (Å²) < 4.78 is 0. The van der Waals surface area contributed by atoms with Gasteiger partial charge in [0.15, 0.2) is 0 Å². The fourth-order valence-electron chi connectivity index (χ4n) is 5.68. The highest BCUT2D eigenvalue weighted by Crippen LogP contribution is 2.62. The van der Waals surface area contributed by atoms with Crippen molar-refractivity contribution in [1.29, 1.82) is 0 Å². The first-order valence-electron chi connectivity index (χ1n) is 8.72. The van der Waals surface area contributed by atoms with E-state index in [4.69, 9.17) is 0 Å². The molecule has 0 aromatic heterocycles. The zero-order valence-electron chi connectivity index (χ0n) is 14.5. The van der Waals surface area contributed by atoms with E-state index in [1.165, 1.54) is 5.57 Å². The average molecular weight is 302 g/mol. The normalized spacial score (nSPS) is 47.2. The topological polar surface area (TPSA) is 37.3 Å². The molecule has 0 aromatic carbocycles. The molecule has 0 aromatic rings. The maximum absolute atomic E-state index is 12.4. The van der Waals surface area contributed by atoms with E-state index >= 15 is 0 Å². The molecule has 3 aliphatic rings. The second kappa shape index (κ2) is 4.80. The van der Waals surface area contributed by atoms with E-state index in [0.717, 1.165) is 25.7 Å². The van der Waals surface area contributed by atoms with Crippen molar-refractivity contribution in [2.24, 2.45) is 28.1 Å². The Kier molecular flexibility index (Phi) is 3.49. The number of allylic oxidation sites excluding steroid dienone is 1. The number of hydrogen-bond donors (Lipinski definition) is 1. The van der Waals surface area contributed by atoms with Gasteiger partial charge >= 0.3 is 0 Å². The minimum Gasteiger partial charge on any atom is -0.392 e. The zero-order valence-corrected chi connectivity index (χ0v) is 14.5. The first kappa shape index (κ1) is 16.0. The summed E-state index contributed by atoms with van der Waals surface area (Å²) in [6.45, 7) is 12.7. The molecule has 0 saturated heterocycles. The summed E-state index contributed by atoms with van der Waals surface area (Å²) in [5.74, 6) is 1.28. The minimum absolute atomic E-state index is 0.144. The fraction of sp³-hybridized carbons (Fsp3) is 0.750. The Morgan fingerprint density at radius 1 is 1.27 bits per heavy atom. The van der Waals surface area contributed by atoms with Crippen molar-refractivity contribution < 1.29 is 9.90 Å². The molecule has 122 valence electrons. The van der Waals surface area contributed by atoms with Gasteiger partial charge in [-0.15, -0.1) is 6.58 Å². The largest absolute Gasteiger partial charge is 0.392 e. The number of hydrogen-bond acceptors (Lipinski definition) is 2. The lowest BCUT2D eigenvalue weighted by molar-refractivity contribution is -0.146. The predicted octanol–water partition coefficient (Wildman–Crippen LogP) is 4.29. The van der Waals surface area contributed by atoms with Gasteiger partial charge in [-0.2, -0.15) is 0 Å². The van der Waals surface area contributed by atoms with E-state index in [-0.39, 0.29) is 22.3 Å². The third kappa shape index (κ3) is 1.99. The Morgan fingerprint density at radius 2 is 1.95 bits per heavy atom. The van der Waals surface area contributed by atoms with Crippen molar-refractivity contribution in [3.8, 4) is 0 Å². The molecule has 0 aliphatic heterocycles. The summed E-state index contributed by atoms with van der Waals surface area (Å²) in [5.41, 5.74) is 1.12. The maximum atomic E-state index is 12.4.